The predicted molar refractivity (Wildman–Crippen MR) is 118 cm³/mol. The number of ether oxygens (including phenoxy) is 1. The average molecular weight is 410 g/mol. The third-order valence-electron chi connectivity index (χ3n) is 5.53. The van der Waals surface area contributed by atoms with E-state index >= 15 is 0 Å². The van der Waals surface area contributed by atoms with Gasteiger partial charge < -0.3 is 9.64 Å². The van der Waals surface area contributed by atoms with Gasteiger partial charge in [0, 0.05) is 35.9 Å². The summed E-state index contributed by atoms with van der Waals surface area (Å²) in [7, 11) is 0. The topological polar surface area (TPSA) is 79.9 Å². The number of rotatable bonds is 4. The Hall–Kier alpha value is -3.76. The van der Waals surface area contributed by atoms with Crippen LogP contribution in [-0.4, -0.2) is 45.3 Å². The summed E-state index contributed by atoms with van der Waals surface area (Å²) in [5, 5.41) is 19.0. The van der Waals surface area contributed by atoms with Gasteiger partial charge in [0.2, 0.25) is 0 Å². The minimum atomic E-state index is -0.0311. The molecule has 31 heavy (non-hydrogen) atoms. The quantitative estimate of drug-likeness (QED) is 0.511. The molecular formula is C24H22N6O. The number of benzene rings is 2. The maximum Gasteiger partial charge on any atom is 0.113 e. The molecule has 0 spiro atoms. The van der Waals surface area contributed by atoms with Crippen LogP contribution < -0.4 is 4.90 Å². The molecule has 7 nitrogen and oxygen atoms in total. The smallest absolute Gasteiger partial charge is 0.113 e. The van der Waals surface area contributed by atoms with Crippen molar-refractivity contribution in [1.82, 2.24) is 20.0 Å². The molecule has 0 unspecified atom stereocenters. The molecular weight excluding hydrogens is 388 g/mol. The number of fused-ring (bicyclic) bond motifs is 1. The molecule has 4 aromatic rings. The van der Waals surface area contributed by atoms with Crippen LogP contribution in [0.3, 0.4) is 0 Å². The van der Waals surface area contributed by atoms with Crippen LogP contribution in [0.1, 0.15) is 12.5 Å². The standard InChI is InChI=1S/C24H22N6O/c1-17-13-29(23-10-9-19(12-25)24-21(23)8-5-11-26-24)14-20(31-17)15-30-16-22(27-28-30)18-6-3-2-4-7-18/h2-11,16-17,20H,13-15H2,1H3/t17-,20-/m1/s1. The first-order valence-corrected chi connectivity index (χ1v) is 10.3. The van der Waals surface area contributed by atoms with Crippen molar-refractivity contribution in [3.05, 3.63) is 72.6 Å². The number of hydrogen-bond donors (Lipinski definition) is 0. The number of hydrogen-bond acceptors (Lipinski definition) is 6. The molecule has 0 radical (unpaired) electrons. The molecule has 3 heterocycles. The zero-order valence-corrected chi connectivity index (χ0v) is 17.2. The molecule has 2 atom stereocenters. The summed E-state index contributed by atoms with van der Waals surface area (Å²) in [5.41, 5.74) is 4.30. The van der Waals surface area contributed by atoms with Crippen molar-refractivity contribution in [2.24, 2.45) is 0 Å². The van der Waals surface area contributed by atoms with E-state index in [1.54, 1.807) is 6.20 Å². The van der Waals surface area contributed by atoms with Crippen LogP contribution in [0.4, 0.5) is 5.69 Å². The van der Waals surface area contributed by atoms with E-state index in [2.05, 4.69) is 33.2 Å². The van der Waals surface area contributed by atoms with E-state index in [0.29, 0.717) is 12.1 Å². The summed E-state index contributed by atoms with van der Waals surface area (Å²) in [6.45, 7) is 4.20. The highest BCUT2D eigenvalue weighted by Crippen LogP contribution is 2.30. The molecule has 1 saturated heterocycles. The SMILES string of the molecule is C[C@@H]1CN(c2ccc(C#N)c3ncccc23)C[C@H](Cn2cc(-c3ccccc3)nn2)O1. The molecule has 0 bridgehead atoms. The first-order chi connectivity index (χ1) is 15.2. The van der Waals surface area contributed by atoms with Gasteiger partial charge in [-0.3, -0.25) is 4.98 Å². The lowest BCUT2D eigenvalue weighted by molar-refractivity contribution is -0.0257. The summed E-state index contributed by atoms with van der Waals surface area (Å²) in [6, 6.07) is 20.1. The van der Waals surface area contributed by atoms with Crippen LogP contribution in [0.5, 0.6) is 0 Å². The molecule has 154 valence electrons. The van der Waals surface area contributed by atoms with E-state index in [1.807, 2.05) is 65.5 Å². The molecule has 2 aromatic heterocycles. The van der Waals surface area contributed by atoms with E-state index in [9.17, 15) is 5.26 Å². The normalized spacial score (nSPS) is 18.8. The second-order valence-corrected chi connectivity index (χ2v) is 7.81. The number of aromatic nitrogens is 4. The fourth-order valence-electron chi connectivity index (χ4n) is 4.20. The van der Waals surface area contributed by atoms with E-state index in [4.69, 9.17) is 4.74 Å². The molecule has 5 rings (SSSR count). The van der Waals surface area contributed by atoms with Gasteiger partial charge in [0.15, 0.2) is 0 Å². The Balaban J connectivity index is 1.39. The summed E-state index contributed by atoms with van der Waals surface area (Å²) in [4.78, 5) is 6.76. The van der Waals surface area contributed by atoms with Crippen LogP contribution in [0.2, 0.25) is 0 Å². The van der Waals surface area contributed by atoms with Crippen molar-refractivity contribution in [2.45, 2.75) is 25.7 Å². The average Bonchev–Trinajstić information content (AvgIpc) is 3.27. The zero-order chi connectivity index (χ0) is 21.2. The number of nitrogens with zero attached hydrogens (tertiary/aromatic N) is 6. The summed E-state index contributed by atoms with van der Waals surface area (Å²) < 4.78 is 8.06. The maximum absolute atomic E-state index is 9.43. The highest BCUT2D eigenvalue weighted by molar-refractivity contribution is 5.95. The first kappa shape index (κ1) is 19.2. The van der Waals surface area contributed by atoms with Crippen molar-refractivity contribution in [1.29, 1.82) is 5.26 Å². The molecule has 0 amide bonds. The number of anilines is 1. The lowest BCUT2D eigenvalue weighted by Crippen LogP contribution is -2.48. The second-order valence-electron chi connectivity index (χ2n) is 7.81. The Kier molecular flexibility index (Phi) is 5.06. The molecule has 0 saturated carbocycles. The van der Waals surface area contributed by atoms with Crippen molar-refractivity contribution in [3.8, 4) is 17.3 Å². The first-order valence-electron chi connectivity index (χ1n) is 10.3. The monoisotopic (exact) mass is 410 g/mol. The van der Waals surface area contributed by atoms with Gasteiger partial charge in [0.05, 0.1) is 36.0 Å². The van der Waals surface area contributed by atoms with E-state index in [-0.39, 0.29) is 12.2 Å². The Labute approximate surface area is 180 Å². The van der Waals surface area contributed by atoms with Crippen molar-refractivity contribution in [3.63, 3.8) is 0 Å². The minimum Gasteiger partial charge on any atom is -0.370 e. The summed E-state index contributed by atoms with van der Waals surface area (Å²) in [6.07, 6.45) is 3.73. The molecule has 7 heteroatoms. The molecule has 1 fully saturated rings. The highest BCUT2D eigenvalue weighted by atomic mass is 16.5. The van der Waals surface area contributed by atoms with Gasteiger partial charge in [-0.05, 0) is 31.2 Å². The second kappa shape index (κ2) is 8.17. The van der Waals surface area contributed by atoms with E-state index < -0.39 is 0 Å². The van der Waals surface area contributed by atoms with Crippen LogP contribution in [0.25, 0.3) is 22.2 Å². The zero-order valence-electron chi connectivity index (χ0n) is 17.2. The van der Waals surface area contributed by atoms with Crippen LogP contribution in [0, 0.1) is 11.3 Å². The maximum atomic E-state index is 9.43. The summed E-state index contributed by atoms with van der Waals surface area (Å²) in [5.74, 6) is 0. The van der Waals surface area contributed by atoms with Gasteiger partial charge in [0.25, 0.3) is 0 Å². The largest absolute Gasteiger partial charge is 0.370 e. The lowest BCUT2D eigenvalue weighted by atomic mass is 10.1. The van der Waals surface area contributed by atoms with Crippen LogP contribution >= 0.6 is 0 Å². The Morgan fingerprint density at radius 3 is 2.81 bits per heavy atom. The Morgan fingerprint density at radius 2 is 1.97 bits per heavy atom. The van der Waals surface area contributed by atoms with Gasteiger partial charge >= 0.3 is 0 Å². The molecule has 2 aromatic carbocycles. The van der Waals surface area contributed by atoms with E-state index in [1.165, 1.54) is 0 Å². The van der Waals surface area contributed by atoms with Gasteiger partial charge in [-0.2, -0.15) is 5.26 Å². The highest BCUT2D eigenvalue weighted by Gasteiger charge is 2.27. The van der Waals surface area contributed by atoms with Crippen molar-refractivity contribution < 1.29 is 4.74 Å². The van der Waals surface area contributed by atoms with Crippen LogP contribution in [-0.2, 0) is 11.3 Å². The number of nitriles is 1. The minimum absolute atomic E-state index is 0.0311. The van der Waals surface area contributed by atoms with Gasteiger partial charge in [-0.1, -0.05) is 35.5 Å². The Bertz CT molecular complexity index is 1250. The summed E-state index contributed by atoms with van der Waals surface area (Å²) >= 11 is 0. The molecule has 1 aliphatic heterocycles. The van der Waals surface area contributed by atoms with Gasteiger partial charge in [0.1, 0.15) is 11.8 Å². The molecule has 0 N–H and O–H groups in total. The fraction of sp³-hybridized carbons (Fsp3) is 0.250. The molecule has 0 aliphatic carbocycles. The van der Waals surface area contributed by atoms with Crippen molar-refractivity contribution >= 4 is 16.6 Å². The van der Waals surface area contributed by atoms with Gasteiger partial charge in [-0.15, -0.1) is 5.10 Å². The lowest BCUT2D eigenvalue weighted by Gasteiger charge is -2.38. The van der Waals surface area contributed by atoms with Crippen LogP contribution in [0.15, 0.2) is 67.0 Å². The predicted octanol–water partition coefficient (Wildman–Crippen LogP) is 3.66. The third-order valence-corrected chi connectivity index (χ3v) is 5.53. The Morgan fingerprint density at radius 1 is 1.10 bits per heavy atom. The number of pyridine rings is 1. The third kappa shape index (κ3) is 3.86. The fourth-order valence-corrected chi connectivity index (χ4v) is 4.20. The molecule has 1 aliphatic rings. The number of morpholine rings is 1. The van der Waals surface area contributed by atoms with Crippen molar-refractivity contribution in [2.75, 3.05) is 18.0 Å². The van der Waals surface area contributed by atoms with Gasteiger partial charge in [-0.25, -0.2) is 4.68 Å². The van der Waals surface area contributed by atoms with E-state index in [0.717, 1.165) is 40.9 Å².